The number of imide groups is 1. The van der Waals surface area contributed by atoms with Crippen LogP contribution in [0.3, 0.4) is 0 Å². The first-order chi connectivity index (χ1) is 10.9. The third kappa shape index (κ3) is 5.67. The van der Waals surface area contributed by atoms with Gasteiger partial charge in [0, 0.05) is 0 Å². The molecule has 2 atom stereocenters. The fourth-order valence-corrected chi connectivity index (χ4v) is 2.01. The zero-order chi connectivity index (χ0) is 17.4. The molecule has 0 spiro atoms. The Morgan fingerprint density at radius 1 is 1.13 bits per heavy atom. The Morgan fingerprint density at radius 2 is 1.74 bits per heavy atom. The average molecular weight is 386 g/mol. The molecule has 0 aliphatic rings. The Balaban J connectivity index is 2.84. The fourth-order valence-electron chi connectivity index (χ4n) is 1.79. The van der Waals surface area contributed by atoms with Crippen molar-refractivity contribution < 1.29 is 23.9 Å². The van der Waals surface area contributed by atoms with Gasteiger partial charge in [-0.3, -0.25) is 4.79 Å². The molecule has 0 aromatic heterocycles. The van der Waals surface area contributed by atoms with Crippen molar-refractivity contribution in [2.45, 2.75) is 38.2 Å². The summed E-state index contributed by atoms with van der Waals surface area (Å²) in [5.74, 6) is -1.23. The summed E-state index contributed by atoms with van der Waals surface area (Å²) in [4.78, 5) is 36.5. The molecule has 6 nitrogen and oxygen atoms in total. The largest absolute Gasteiger partial charge is 0.464 e. The summed E-state index contributed by atoms with van der Waals surface area (Å²) in [5, 5.41) is 0. The lowest BCUT2D eigenvalue weighted by Gasteiger charge is -2.26. The summed E-state index contributed by atoms with van der Waals surface area (Å²) in [6.07, 6.45) is -0.884. The van der Waals surface area contributed by atoms with E-state index in [0.29, 0.717) is 0 Å². The number of amides is 2. The minimum absolute atomic E-state index is 0.00959. The Kier molecular flexibility index (Phi) is 7.74. The summed E-state index contributed by atoms with van der Waals surface area (Å²) in [7, 11) is 0. The van der Waals surface area contributed by atoms with E-state index in [0.717, 1.165) is 10.5 Å². The van der Waals surface area contributed by atoms with E-state index in [2.05, 4.69) is 15.9 Å². The van der Waals surface area contributed by atoms with Gasteiger partial charge in [0.1, 0.15) is 12.6 Å². The second-order valence-corrected chi connectivity index (χ2v) is 6.17. The van der Waals surface area contributed by atoms with Crippen molar-refractivity contribution in [1.82, 2.24) is 4.90 Å². The van der Waals surface area contributed by atoms with E-state index in [4.69, 9.17) is 9.47 Å². The topological polar surface area (TPSA) is 72.9 Å². The highest BCUT2D eigenvalue weighted by molar-refractivity contribution is 9.10. The van der Waals surface area contributed by atoms with Crippen molar-refractivity contribution in [3.63, 3.8) is 0 Å². The molecular weight excluding hydrogens is 366 g/mol. The van der Waals surface area contributed by atoms with E-state index in [1.807, 2.05) is 18.2 Å². The second-order valence-electron chi connectivity index (χ2n) is 4.79. The van der Waals surface area contributed by atoms with Gasteiger partial charge in [0.25, 0.3) is 0 Å². The van der Waals surface area contributed by atoms with Crippen LogP contribution < -0.4 is 0 Å². The van der Waals surface area contributed by atoms with E-state index in [1.165, 1.54) is 6.92 Å². The van der Waals surface area contributed by atoms with Crippen LogP contribution in [0.4, 0.5) is 4.79 Å². The van der Waals surface area contributed by atoms with Crippen molar-refractivity contribution >= 4 is 33.9 Å². The molecule has 0 N–H and O–H groups in total. The quantitative estimate of drug-likeness (QED) is 0.555. The number of esters is 1. The lowest BCUT2D eigenvalue weighted by molar-refractivity contribution is -0.152. The monoisotopic (exact) mass is 385 g/mol. The molecule has 23 heavy (non-hydrogen) atoms. The van der Waals surface area contributed by atoms with Crippen LogP contribution in [0.25, 0.3) is 0 Å². The highest BCUT2D eigenvalue weighted by Crippen LogP contribution is 2.13. The van der Waals surface area contributed by atoms with E-state index in [-0.39, 0.29) is 13.2 Å². The maximum absolute atomic E-state index is 12.3. The summed E-state index contributed by atoms with van der Waals surface area (Å²) in [6, 6.07) is 7.99. The number of halogens is 1. The predicted molar refractivity (Wildman–Crippen MR) is 88.0 cm³/mol. The number of carbonyl (C=O) groups is 3. The maximum atomic E-state index is 12.3. The molecule has 0 aliphatic carbocycles. The molecule has 1 aromatic carbocycles. The van der Waals surface area contributed by atoms with Gasteiger partial charge in [0.05, 0.1) is 11.4 Å². The predicted octanol–water partition coefficient (Wildman–Crippen LogP) is 2.89. The Labute approximate surface area is 143 Å². The number of hydrogen-bond donors (Lipinski definition) is 0. The molecule has 0 aliphatic heterocycles. The molecule has 2 amide bonds. The molecule has 1 rings (SSSR count). The molecule has 0 radical (unpaired) electrons. The van der Waals surface area contributed by atoms with Crippen LogP contribution in [-0.4, -0.2) is 40.3 Å². The van der Waals surface area contributed by atoms with Crippen LogP contribution in [0.15, 0.2) is 30.3 Å². The first-order valence-corrected chi connectivity index (χ1v) is 8.14. The average Bonchev–Trinajstić information content (AvgIpc) is 2.54. The van der Waals surface area contributed by atoms with Gasteiger partial charge >= 0.3 is 12.1 Å². The Hall–Kier alpha value is -1.89. The molecule has 7 heteroatoms. The van der Waals surface area contributed by atoms with E-state index in [1.54, 1.807) is 26.0 Å². The molecule has 1 aromatic rings. The first kappa shape index (κ1) is 19.2. The van der Waals surface area contributed by atoms with Crippen molar-refractivity contribution in [2.24, 2.45) is 0 Å². The van der Waals surface area contributed by atoms with Crippen LogP contribution in [0, 0.1) is 0 Å². The van der Waals surface area contributed by atoms with Gasteiger partial charge in [-0.05, 0) is 26.3 Å². The third-order valence-corrected chi connectivity index (χ3v) is 3.39. The third-order valence-electron chi connectivity index (χ3n) is 2.99. The van der Waals surface area contributed by atoms with Gasteiger partial charge in [0.15, 0.2) is 0 Å². The molecule has 126 valence electrons. The zero-order valence-corrected chi connectivity index (χ0v) is 14.9. The van der Waals surface area contributed by atoms with Gasteiger partial charge < -0.3 is 9.47 Å². The van der Waals surface area contributed by atoms with Gasteiger partial charge in [0.2, 0.25) is 5.91 Å². The van der Waals surface area contributed by atoms with Crippen molar-refractivity contribution in [3.8, 4) is 0 Å². The van der Waals surface area contributed by atoms with Crippen LogP contribution in [0.1, 0.15) is 26.3 Å². The molecule has 0 fully saturated rings. The number of alkyl halides is 1. The summed E-state index contributed by atoms with van der Waals surface area (Å²) in [5.41, 5.74) is 0.781. The SMILES string of the molecule is CCOC(=O)[C@H](C)N(C(=O)OCc1ccccc1)C(=O)C(C)Br. The molecule has 1 unspecified atom stereocenters. The molecule has 0 heterocycles. The number of ether oxygens (including phenoxy) is 2. The summed E-state index contributed by atoms with van der Waals surface area (Å²) in [6.45, 7) is 4.81. The van der Waals surface area contributed by atoms with Crippen LogP contribution in [0.5, 0.6) is 0 Å². The Bertz CT molecular complexity index is 547. The van der Waals surface area contributed by atoms with Crippen LogP contribution in [-0.2, 0) is 25.7 Å². The molecular formula is C16H20BrNO5. The molecule has 0 bridgehead atoms. The lowest BCUT2D eigenvalue weighted by Crippen LogP contribution is -2.50. The molecule has 0 saturated carbocycles. The van der Waals surface area contributed by atoms with E-state index >= 15 is 0 Å². The van der Waals surface area contributed by atoms with E-state index < -0.39 is 28.8 Å². The normalized spacial score (nSPS) is 12.9. The highest BCUT2D eigenvalue weighted by atomic mass is 79.9. The second kappa shape index (κ2) is 9.29. The number of carbonyl (C=O) groups excluding carboxylic acids is 3. The fraction of sp³-hybridized carbons (Fsp3) is 0.438. The standard InChI is InChI=1S/C16H20BrNO5/c1-4-22-15(20)12(3)18(14(19)11(2)17)16(21)23-10-13-8-6-5-7-9-13/h5-9,11-12H,4,10H2,1-3H3/t11?,12-/m0/s1. The minimum Gasteiger partial charge on any atom is -0.464 e. The van der Waals surface area contributed by atoms with Gasteiger partial charge in [-0.25, -0.2) is 14.5 Å². The number of rotatable bonds is 6. The minimum atomic E-state index is -1.06. The van der Waals surface area contributed by atoms with Gasteiger partial charge in [-0.2, -0.15) is 0 Å². The molecule has 0 saturated heterocycles. The van der Waals surface area contributed by atoms with Crippen LogP contribution in [0.2, 0.25) is 0 Å². The summed E-state index contributed by atoms with van der Waals surface area (Å²) >= 11 is 3.11. The number of benzene rings is 1. The smallest absolute Gasteiger partial charge is 0.417 e. The van der Waals surface area contributed by atoms with Crippen molar-refractivity contribution in [3.05, 3.63) is 35.9 Å². The maximum Gasteiger partial charge on any atom is 0.417 e. The van der Waals surface area contributed by atoms with E-state index in [9.17, 15) is 14.4 Å². The number of nitrogens with zero attached hydrogens (tertiary/aromatic N) is 1. The van der Waals surface area contributed by atoms with Crippen molar-refractivity contribution in [1.29, 1.82) is 0 Å². The number of hydrogen-bond acceptors (Lipinski definition) is 5. The van der Waals surface area contributed by atoms with Crippen LogP contribution >= 0.6 is 15.9 Å². The van der Waals surface area contributed by atoms with Gasteiger partial charge in [-0.1, -0.05) is 46.3 Å². The summed E-state index contributed by atoms with van der Waals surface area (Å²) < 4.78 is 10.0. The highest BCUT2D eigenvalue weighted by Gasteiger charge is 2.35. The van der Waals surface area contributed by atoms with Gasteiger partial charge in [-0.15, -0.1) is 0 Å². The zero-order valence-electron chi connectivity index (χ0n) is 13.3. The Morgan fingerprint density at radius 3 is 2.26 bits per heavy atom. The lowest BCUT2D eigenvalue weighted by atomic mass is 10.2. The van der Waals surface area contributed by atoms with Crippen molar-refractivity contribution in [2.75, 3.05) is 6.61 Å². The first-order valence-electron chi connectivity index (χ1n) is 7.22.